The first-order valence-electron chi connectivity index (χ1n) is 30.7. The standard InChI is InChI=1S/C60H84O20/c1-25-14-31-8-10-35-26(2)15-33(66-35)12-13-60-56(65)57(7)55(80-60)54-53(77-57)52(79-60)51-36(70-54)11-9-32(68-51)16-46(64)73-50-30(6)49-41(69-40(50)18-37(67-31)29(25)5)19-39-43(72-49)23-59(74-39)24-44-48(78-59)28(4)22-58(76-44)21-27(3)47-42(75-58)17-34(61)38(71-47)20-45(62)63/h25,27-28,30-44,47-56,61,65H,2,5,8-24H2,1,3-4,6-7H3,(H,62,63)/t25-,27+,28+,30+,31+,32-,33+,34-,35+,36+,37-,38-,39-,40+,41+,42+,43-,44+,47+,48+,49+,50-,51+,52+,53+,54-,55?,56-,57-,58-,59+,60-/m1/s1. The third-order valence-corrected chi connectivity index (χ3v) is 22.2. The Labute approximate surface area is 467 Å². The van der Waals surface area contributed by atoms with Gasteiger partial charge < -0.3 is 86.4 Å². The van der Waals surface area contributed by atoms with Crippen LogP contribution in [0, 0.1) is 23.7 Å². The predicted octanol–water partition coefficient (Wildman–Crippen LogP) is 5.02. The molecule has 0 aliphatic carbocycles. The fourth-order valence-electron chi connectivity index (χ4n) is 18.4. The van der Waals surface area contributed by atoms with Gasteiger partial charge in [0.15, 0.2) is 17.4 Å². The zero-order valence-corrected chi connectivity index (χ0v) is 46.9. The maximum atomic E-state index is 14.6. The molecule has 0 saturated carbocycles. The summed E-state index contributed by atoms with van der Waals surface area (Å²) in [5.74, 6) is -4.67. The molecule has 16 rings (SSSR count). The second kappa shape index (κ2) is 19.7. The summed E-state index contributed by atoms with van der Waals surface area (Å²) in [4.78, 5) is 26.2. The number of fused-ring (bicyclic) bond motifs is 10. The van der Waals surface area contributed by atoms with Crippen molar-refractivity contribution in [3.8, 4) is 0 Å². The van der Waals surface area contributed by atoms with Crippen molar-refractivity contribution in [2.45, 2.75) is 313 Å². The fraction of sp³-hybridized carbons (Fsp3) is 0.900. The van der Waals surface area contributed by atoms with E-state index in [9.17, 15) is 24.9 Å². The molecular formula is C60H84O20. The van der Waals surface area contributed by atoms with Gasteiger partial charge in [-0.15, -0.1) is 0 Å². The van der Waals surface area contributed by atoms with Crippen LogP contribution in [-0.4, -0.2) is 197 Å². The van der Waals surface area contributed by atoms with Crippen molar-refractivity contribution in [1.82, 2.24) is 0 Å². The summed E-state index contributed by atoms with van der Waals surface area (Å²) in [5.41, 5.74) is 1.02. The SMILES string of the molecule is C=C1C[C@@H]2CC[C@]34OC5[C@@H]6O[C@H]7CC[C@H](CC(=O)O[C@@H]8[C@@H](C)[C@@H]9O[C@@H]%10C[C@]%11(C[C@@H]%12O[C@]%13(C[C@H](C)[C@@H]%14O[C@H](CC(=O)O)[C@H](O)C[C@@H]%14O%13)C[C@H](C)[C@@H]%12O%11)O[C@@H]%10C[C@@H]9O[C@H]8C[C@H]8O[C@@H](CC[C@@H]1O2)C[C@@H](C)C8=C)O[C@@H]7[C@H](O3)[C@@H]6O[C@@]5(C)[C@H]4O. The average molecular weight is 1130 g/mol. The van der Waals surface area contributed by atoms with Gasteiger partial charge in [0.25, 0.3) is 0 Å². The average Bonchev–Trinajstić information content (AvgIpc) is 4.26. The van der Waals surface area contributed by atoms with Gasteiger partial charge in [0.05, 0.1) is 117 Å². The first-order chi connectivity index (χ1) is 38.2. The second-order valence-electron chi connectivity index (χ2n) is 27.7. The van der Waals surface area contributed by atoms with Crippen molar-refractivity contribution in [2.75, 3.05) is 0 Å². The predicted molar refractivity (Wildman–Crippen MR) is 274 cm³/mol. The highest BCUT2D eigenvalue weighted by Gasteiger charge is 2.77. The van der Waals surface area contributed by atoms with Gasteiger partial charge in [0, 0.05) is 57.3 Å². The van der Waals surface area contributed by atoms with Crippen molar-refractivity contribution in [1.29, 1.82) is 0 Å². The smallest absolute Gasteiger partial charge is 0.308 e. The number of ether oxygens (including phenoxy) is 15. The summed E-state index contributed by atoms with van der Waals surface area (Å²) in [7, 11) is 0. The first kappa shape index (κ1) is 54.4. The molecule has 16 saturated heterocycles. The molecule has 0 aromatic rings. The molecule has 32 atom stereocenters. The van der Waals surface area contributed by atoms with Gasteiger partial charge in [-0.1, -0.05) is 40.9 Å². The number of hydrogen-bond acceptors (Lipinski definition) is 19. The third kappa shape index (κ3) is 8.85. The highest BCUT2D eigenvalue weighted by Crippen LogP contribution is 2.60. The lowest BCUT2D eigenvalue weighted by atomic mass is 9.78. The monoisotopic (exact) mass is 1120 g/mol. The Morgan fingerprint density at radius 2 is 1.26 bits per heavy atom. The molecule has 12 bridgehead atoms. The number of carbonyl (C=O) groups excluding carboxylic acids is 1. The summed E-state index contributed by atoms with van der Waals surface area (Å²) in [5, 5.41) is 32.5. The normalized spacial score (nSPS) is 58.7. The molecule has 0 radical (unpaired) electrons. The maximum Gasteiger partial charge on any atom is 0.308 e. The molecule has 20 nitrogen and oxygen atoms in total. The van der Waals surface area contributed by atoms with Gasteiger partial charge in [0.2, 0.25) is 0 Å². The highest BCUT2D eigenvalue weighted by molar-refractivity contribution is 5.70. The highest BCUT2D eigenvalue weighted by atomic mass is 16.8. The molecule has 1 unspecified atom stereocenters. The van der Waals surface area contributed by atoms with Crippen LogP contribution < -0.4 is 0 Å². The van der Waals surface area contributed by atoms with Gasteiger partial charge in [-0.3, -0.25) is 9.59 Å². The van der Waals surface area contributed by atoms with E-state index in [2.05, 4.69) is 40.9 Å². The number of carboxylic acid groups (broad SMARTS) is 1. The molecule has 16 aliphatic heterocycles. The number of aliphatic carboxylic acids is 1. The zero-order chi connectivity index (χ0) is 55.1. The molecule has 16 heterocycles. The van der Waals surface area contributed by atoms with Gasteiger partial charge in [-0.05, 0) is 80.8 Å². The topological polar surface area (TPSA) is 233 Å². The number of carboxylic acids is 1. The minimum atomic E-state index is -1.36. The summed E-state index contributed by atoms with van der Waals surface area (Å²) >= 11 is 0. The summed E-state index contributed by atoms with van der Waals surface area (Å²) in [6.07, 6.45) is -2.56. The van der Waals surface area contributed by atoms with Crippen LogP contribution in [0.1, 0.15) is 144 Å². The Hall–Kier alpha value is -2.22. The van der Waals surface area contributed by atoms with Crippen LogP contribution in [0.5, 0.6) is 0 Å². The molecule has 0 aromatic heterocycles. The van der Waals surface area contributed by atoms with Crippen molar-refractivity contribution >= 4 is 11.9 Å². The van der Waals surface area contributed by atoms with Crippen molar-refractivity contribution in [3.05, 3.63) is 24.3 Å². The Morgan fingerprint density at radius 3 is 2.09 bits per heavy atom. The Kier molecular flexibility index (Phi) is 13.4. The quantitative estimate of drug-likeness (QED) is 0.243. The summed E-state index contributed by atoms with van der Waals surface area (Å²) in [6.45, 7) is 19.5. The summed E-state index contributed by atoms with van der Waals surface area (Å²) < 4.78 is 103. The molecule has 3 spiro atoms. The molecule has 16 aliphatic rings. The zero-order valence-electron chi connectivity index (χ0n) is 46.9. The minimum Gasteiger partial charge on any atom is -0.481 e. The molecule has 0 amide bonds. The number of aliphatic hydroxyl groups excluding tert-OH is 2. The Bertz CT molecular complexity index is 2460. The van der Waals surface area contributed by atoms with Gasteiger partial charge in [-0.25, -0.2) is 0 Å². The van der Waals surface area contributed by atoms with E-state index in [0.29, 0.717) is 70.6 Å². The van der Waals surface area contributed by atoms with Crippen LogP contribution in [0.4, 0.5) is 0 Å². The first-order valence-corrected chi connectivity index (χ1v) is 30.7. The van der Waals surface area contributed by atoms with E-state index < -0.39 is 114 Å². The van der Waals surface area contributed by atoms with Gasteiger partial charge in [0.1, 0.15) is 48.3 Å². The van der Waals surface area contributed by atoms with Crippen LogP contribution in [0.15, 0.2) is 24.3 Å². The number of aliphatic hydroxyl groups is 2. The molecule has 80 heavy (non-hydrogen) atoms. The van der Waals surface area contributed by atoms with E-state index >= 15 is 0 Å². The second-order valence-corrected chi connectivity index (χ2v) is 27.7. The fourth-order valence-corrected chi connectivity index (χ4v) is 18.4. The van der Waals surface area contributed by atoms with Gasteiger partial charge in [-0.2, -0.15) is 0 Å². The van der Waals surface area contributed by atoms with E-state index in [4.69, 9.17) is 71.1 Å². The molecule has 0 aromatic carbocycles. The van der Waals surface area contributed by atoms with Gasteiger partial charge >= 0.3 is 11.9 Å². The molecular weight excluding hydrogens is 1040 g/mol. The number of carbonyl (C=O) groups is 2. The third-order valence-electron chi connectivity index (χ3n) is 22.2. The summed E-state index contributed by atoms with van der Waals surface area (Å²) in [6, 6.07) is 0. The van der Waals surface area contributed by atoms with Crippen LogP contribution in [0.3, 0.4) is 0 Å². The lowest BCUT2D eigenvalue weighted by Gasteiger charge is -2.54. The molecule has 444 valence electrons. The van der Waals surface area contributed by atoms with Crippen molar-refractivity contribution in [2.24, 2.45) is 23.7 Å². The Morgan fingerprint density at radius 1 is 0.562 bits per heavy atom. The van der Waals surface area contributed by atoms with E-state index in [-0.39, 0.29) is 110 Å². The van der Waals surface area contributed by atoms with Crippen molar-refractivity contribution in [3.63, 3.8) is 0 Å². The van der Waals surface area contributed by atoms with E-state index in [1.807, 2.05) is 6.92 Å². The number of esters is 1. The molecule has 16 fully saturated rings. The Balaban J connectivity index is 0.666. The van der Waals surface area contributed by atoms with Crippen molar-refractivity contribution < 1.29 is 96.0 Å². The van der Waals surface area contributed by atoms with Crippen LogP contribution in [0.2, 0.25) is 0 Å². The molecule has 3 N–H and O–H groups in total. The van der Waals surface area contributed by atoms with E-state index in [1.54, 1.807) is 0 Å². The maximum absolute atomic E-state index is 14.6. The van der Waals surface area contributed by atoms with Crippen LogP contribution >= 0.6 is 0 Å². The van der Waals surface area contributed by atoms with E-state index in [0.717, 1.165) is 30.4 Å². The van der Waals surface area contributed by atoms with Crippen LogP contribution in [-0.2, 0) is 80.6 Å². The lowest BCUT2D eigenvalue weighted by molar-refractivity contribution is -0.371. The number of rotatable bonds is 2. The molecule has 20 heteroatoms. The van der Waals surface area contributed by atoms with E-state index in [1.165, 1.54) is 0 Å². The number of hydrogen-bond donors (Lipinski definition) is 3. The largest absolute Gasteiger partial charge is 0.481 e. The minimum absolute atomic E-state index is 0.000632. The lowest BCUT2D eigenvalue weighted by Crippen LogP contribution is -2.63. The van der Waals surface area contributed by atoms with Crippen LogP contribution in [0.25, 0.3) is 0 Å².